The summed E-state index contributed by atoms with van der Waals surface area (Å²) in [5.74, 6) is 0.180. The Morgan fingerprint density at radius 2 is 1.41 bits per heavy atom. The summed E-state index contributed by atoms with van der Waals surface area (Å²) >= 11 is 0. The molecule has 0 aliphatic heterocycles. The monoisotopic (exact) mass is 408 g/mol. The van der Waals surface area contributed by atoms with Crippen molar-refractivity contribution in [2.75, 3.05) is 0 Å². The van der Waals surface area contributed by atoms with E-state index in [2.05, 4.69) is 5.32 Å². The number of hydrogen-bond acceptors (Lipinski definition) is 5. The van der Waals surface area contributed by atoms with Crippen LogP contribution in [0.2, 0.25) is 0 Å². The molecule has 3 aliphatic rings. The minimum absolute atomic E-state index is 0.318. The highest BCUT2D eigenvalue weighted by atomic mass is 16.7. The van der Waals surface area contributed by atoms with E-state index >= 15 is 0 Å². The van der Waals surface area contributed by atoms with E-state index in [1.54, 1.807) is 0 Å². The molecule has 3 aliphatic carbocycles. The van der Waals surface area contributed by atoms with E-state index in [9.17, 15) is 9.59 Å². The van der Waals surface area contributed by atoms with Crippen molar-refractivity contribution in [2.45, 2.75) is 128 Å². The van der Waals surface area contributed by atoms with Gasteiger partial charge in [0.05, 0.1) is 0 Å². The number of hydrogen-bond donors (Lipinski definition) is 1. The van der Waals surface area contributed by atoms with Gasteiger partial charge in [0.2, 0.25) is 0 Å². The molecule has 6 nitrogen and oxygen atoms in total. The molecule has 0 aromatic rings. The van der Waals surface area contributed by atoms with Crippen molar-refractivity contribution in [3.8, 4) is 0 Å². The maximum Gasteiger partial charge on any atom is 0.408 e. The lowest BCUT2D eigenvalue weighted by atomic mass is 9.90. The molecule has 0 heterocycles. The van der Waals surface area contributed by atoms with Gasteiger partial charge in [-0.3, -0.25) is 0 Å². The fraction of sp³-hybridized carbons (Fsp3) is 0.913. The Balaban J connectivity index is 1.65. The van der Waals surface area contributed by atoms with E-state index in [0.717, 1.165) is 38.5 Å². The van der Waals surface area contributed by atoms with Crippen molar-refractivity contribution in [2.24, 2.45) is 5.92 Å². The fourth-order valence-corrected chi connectivity index (χ4v) is 4.64. The summed E-state index contributed by atoms with van der Waals surface area (Å²) in [5, 5.41) is 4.83. The average molecular weight is 409 g/mol. The molecule has 1 atom stereocenters. The molecule has 3 rings (SSSR count). The third-order valence-corrected chi connectivity index (χ3v) is 6.31. The van der Waals surface area contributed by atoms with Gasteiger partial charge in [0.1, 0.15) is 11.6 Å². The minimum atomic E-state index is -0.632. The number of hydroxylamine groups is 2. The van der Waals surface area contributed by atoms with Crippen LogP contribution in [0.25, 0.3) is 0 Å². The van der Waals surface area contributed by atoms with E-state index < -0.39 is 17.7 Å². The average Bonchev–Trinajstić information content (AvgIpc) is 3.49. The Bertz CT molecular complexity index is 526. The summed E-state index contributed by atoms with van der Waals surface area (Å²) in [5.41, 5.74) is -0.589. The zero-order valence-corrected chi connectivity index (χ0v) is 18.6. The van der Waals surface area contributed by atoms with Gasteiger partial charge >= 0.3 is 12.1 Å². The van der Waals surface area contributed by atoms with Crippen LogP contribution >= 0.6 is 0 Å². The van der Waals surface area contributed by atoms with Crippen LogP contribution in [0.1, 0.15) is 104 Å². The standard InChI is InChI=1S/C23H40N2O4/c1-23(2,3)28-22(27)24-20(16-17-14-15-17)21(26)29-25(18-10-6-4-7-11-18)19-12-8-5-9-13-19/h17-20H,4-16H2,1-3H3,(H,24,27)/t20-/m0/s1. The third-order valence-electron chi connectivity index (χ3n) is 6.31. The minimum Gasteiger partial charge on any atom is -0.444 e. The van der Waals surface area contributed by atoms with E-state index in [4.69, 9.17) is 9.57 Å². The molecule has 0 radical (unpaired) electrons. The number of amides is 1. The van der Waals surface area contributed by atoms with Gasteiger partial charge in [0.15, 0.2) is 0 Å². The van der Waals surface area contributed by atoms with Crippen molar-refractivity contribution < 1.29 is 19.2 Å². The molecule has 29 heavy (non-hydrogen) atoms. The first-order valence-corrected chi connectivity index (χ1v) is 11.8. The molecule has 6 heteroatoms. The number of nitrogens with one attached hydrogen (secondary N) is 1. The maximum atomic E-state index is 13.2. The molecular formula is C23H40N2O4. The van der Waals surface area contributed by atoms with Crippen molar-refractivity contribution in [1.82, 2.24) is 10.4 Å². The quantitative estimate of drug-likeness (QED) is 0.593. The molecule has 0 aromatic heterocycles. The second-order valence-electron chi connectivity index (χ2n) is 10.2. The van der Waals surface area contributed by atoms with Crippen LogP contribution in [0.5, 0.6) is 0 Å². The first kappa shape index (κ1) is 22.4. The zero-order valence-electron chi connectivity index (χ0n) is 18.6. The van der Waals surface area contributed by atoms with Gasteiger partial charge in [-0.1, -0.05) is 51.4 Å². The summed E-state index contributed by atoms with van der Waals surface area (Å²) in [4.78, 5) is 31.6. The van der Waals surface area contributed by atoms with Gasteiger partial charge in [-0.15, -0.1) is 5.06 Å². The summed E-state index contributed by atoms with van der Waals surface area (Å²) in [6.07, 6.45) is 14.1. The predicted octanol–water partition coefficient (Wildman–Crippen LogP) is 5.11. The van der Waals surface area contributed by atoms with Crippen LogP contribution in [0, 0.1) is 5.92 Å². The van der Waals surface area contributed by atoms with Gasteiger partial charge in [-0.05, 0) is 58.8 Å². The van der Waals surface area contributed by atoms with Crippen molar-refractivity contribution in [3.05, 3.63) is 0 Å². The summed E-state index contributed by atoms with van der Waals surface area (Å²) in [6.45, 7) is 5.48. The first-order chi connectivity index (χ1) is 13.8. The third kappa shape index (κ3) is 7.47. The lowest BCUT2D eigenvalue weighted by Crippen LogP contribution is -2.51. The van der Waals surface area contributed by atoms with E-state index in [-0.39, 0.29) is 5.97 Å². The fourth-order valence-electron chi connectivity index (χ4n) is 4.64. The van der Waals surface area contributed by atoms with E-state index in [1.807, 2.05) is 25.8 Å². The van der Waals surface area contributed by atoms with Crippen LogP contribution in [-0.2, 0) is 14.4 Å². The largest absolute Gasteiger partial charge is 0.444 e. The topological polar surface area (TPSA) is 67.9 Å². The summed E-state index contributed by atoms with van der Waals surface area (Å²) in [7, 11) is 0. The zero-order chi connectivity index (χ0) is 20.9. The maximum absolute atomic E-state index is 13.2. The van der Waals surface area contributed by atoms with E-state index in [0.29, 0.717) is 24.4 Å². The van der Waals surface area contributed by atoms with Gasteiger partial charge in [-0.25, -0.2) is 9.59 Å². The van der Waals surface area contributed by atoms with Crippen LogP contribution in [0.3, 0.4) is 0 Å². The highest BCUT2D eigenvalue weighted by molar-refractivity contribution is 5.81. The smallest absolute Gasteiger partial charge is 0.408 e. The summed E-state index contributed by atoms with van der Waals surface area (Å²) < 4.78 is 5.39. The molecular weight excluding hydrogens is 368 g/mol. The first-order valence-electron chi connectivity index (χ1n) is 11.8. The van der Waals surface area contributed by atoms with Gasteiger partial charge in [0.25, 0.3) is 0 Å². The van der Waals surface area contributed by atoms with E-state index in [1.165, 1.54) is 38.5 Å². The number of rotatable bonds is 7. The molecule has 0 spiro atoms. The highest BCUT2D eigenvalue weighted by Crippen LogP contribution is 2.35. The SMILES string of the molecule is CC(C)(C)OC(=O)N[C@@H](CC1CC1)C(=O)ON(C1CCCCC1)C1CCCCC1. The van der Waals surface area contributed by atoms with Crippen molar-refractivity contribution in [3.63, 3.8) is 0 Å². The molecule has 0 bridgehead atoms. The molecule has 3 saturated carbocycles. The van der Waals surface area contributed by atoms with Gasteiger partial charge in [0, 0.05) is 12.1 Å². The Kier molecular flexibility index (Phi) is 7.83. The number of alkyl carbamates (subject to hydrolysis) is 1. The van der Waals surface area contributed by atoms with Gasteiger partial charge in [-0.2, -0.15) is 0 Å². The Morgan fingerprint density at radius 3 is 1.86 bits per heavy atom. The predicted molar refractivity (Wildman–Crippen MR) is 112 cm³/mol. The van der Waals surface area contributed by atoms with Gasteiger partial charge < -0.3 is 14.9 Å². The number of carbonyl (C=O) groups excluding carboxylic acids is 2. The second-order valence-corrected chi connectivity index (χ2v) is 10.2. The number of nitrogens with zero attached hydrogens (tertiary/aromatic N) is 1. The Labute approximate surface area is 176 Å². The normalized spacial score (nSPS) is 22.9. The van der Waals surface area contributed by atoms with Crippen LogP contribution in [0.15, 0.2) is 0 Å². The second kappa shape index (κ2) is 10.1. The number of carbonyl (C=O) groups is 2. The summed E-state index contributed by atoms with van der Waals surface area (Å²) in [6, 6.07) is 0.00448. The molecule has 1 N–H and O–H groups in total. The number of ether oxygens (including phenoxy) is 1. The molecule has 1 amide bonds. The van der Waals surface area contributed by atoms with Crippen LogP contribution in [0.4, 0.5) is 4.79 Å². The molecule has 0 unspecified atom stereocenters. The van der Waals surface area contributed by atoms with Crippen molar-refractivity contribution in [1.29, 1.82) is 0 Å². The lowest BCUT2D eigenvalue weighted by Gasteiger charge is -2.40. The molecule has 3 fully saturated rings. The van der Waals surface area contributed by atoms with Crippen LogP contribution in [-0.4, -0.2) is 40.9 Å². The molecule has 166 valence electrons. The Hall–Kier alpha value is -1.30. The lowest BCUT2D eigenvalue weighted by molar-refractivity contribution is -0.225. The molecule has 0 saturated heterocycles. The van der Waals surface area contributed by atoms with Crippen molar-refractivity contribution >= 4 is 12.1 Å². The Morgan fingerprint density at radius 1 is 0.897 bits per heavy atom. The highest BCUT2D eigenvalue weighted by Gasteiger charge is 2.37. The van der Waals surface area contributed by atoms with Crippen LogP contribution < -0.4 is 5.32 Å². The molecule has 0 aromatic carbocycles.